The summed E-state index contributed by atoms with van der Waals surface area (Å²) in [5, 5.41) is 6.48. The van der Waals surface area contributed by atoms with Crippen LogP contribution in [0.1, 0.15) is 44.5 Å². The molecule has 0 saturated carbocycles. The normalized spacial score (nSPS) is 12.6. The molecular formula is C14H26N4O. The lowest BCUT2D eigenvalue weighted by atomic mass is 9.92. The maximum Gasteiger partial charge on any atom is 0.214 e. The minimum Gasteiger partial charge on any atom is -0.444 e. The van der Waals surface area contributed by atoms with E-state index in [1.54, 1.807) is 7.05 Å². The van der Waals surface area contributed by atoms with Gasteiger partial charge >= 0.3 is 0 Å². The molecule has 0 fully saturated rings. The van der Waals surface area contributed by atoms with Gasteiger partial charge in [-0.05, 0) is 25.7 Å². The second kappa shape index (κ2) is 6.59. The first-order valence-electron chi connectivity index (χ1n) is 6.69. The highest BCUT2D eigenvalue weighted by molar-refractivity contribution is 5.79. The molecule has 1 rings (SSSR count). The predicted molar refractivity (Wildman–Crippen MR) is 78.3 cm³/mol. The Kier molecular flexibility index (Phi) is 5.39. The number of nitrogens with zero attached hydrogens (tertiary/aromatic N) is 2. The van der Waals surface area contributed by atoms with E-state index >= 15 is 0 Å². The third kappa shape index (κ3) is 5.77. The van der Waals surface area contributed by atoms with E-state index in [0.29, 0.717) is 17.9 Å². The molecule has 19 heavy (non-hydrogen) atoms. The SMILES string of the molecule is CN=C(NCCC(C)(C)C)NCc1nc(C)c(C)o1. The van der Waals surface area contributed by atoms with Gasteiger partial charge in [-0.1, -0.05) is 20.8 Å². The van der Waals surface area contributed by atoms with Gasteiger partial charge in [-0.25, -0.2) is 4.98 Å². The molecule has 0 aliphatic rings. The fraction of sp³-hybridized carbons (Fsp3) is 0.714. The number of hydrogen-bond donors (Lipinski definition) is 2. The first-order chi connectivity index (χ1) is 8.81. The zero-order valence-corrected chi connectivity index (χ0v) is 12.9. The highest BCUT2D eigenvalue weighted by atomic mass is 16.4. The second-order valence-electron chi connectivity index (χ2n) is 5.91. The van der Waals surface area contributed by atoms with Crippen molar-refractivity contribution in [2.75, 3.05) is 13.6 Å². The Balaban J connectivity index is 2.37. The lowest BCUT2D eigenvalue weighted by molar-refractivity contribution is 0.377. The first-order valence-corrected chi connectivity index (χ1v) is 6.69. The van der Waals surface area contributed by atoms with Crippen molar-refractivity contribution in [1.29, 1.82) is 0 Å². The molecule has 5 nitrogen and oxygen atoms in total. The van der Waals surface area contributed by atoms with Crippen LogP contribution in [-0.2, 0) is 6.54 Å². The number of aliphatic imine (C=N–C) groups is 1. The van der Waals surface area contributed by atoms with Crippen LogP contribution in [0.2, 0.25) is 0 Å². The van der Waals surface area contributed by atoms with Crippen LogP contribution in [0.3, 0.4) is 0 Å². The van der Waals surface area contributed by atoms with Gasteiger partial charge in [0.2, 0.25) is 5.89 Å². The molecule has 0 unspecified atom stereocenters. The minimum atomic E-state index is 0.322. The molecule has 2 N–H and O–H groups in total. The Hall–Kier alpha value is -1.52. The van der Waals surface area contributed by atoms with Crippen molar-refractivity contribution in [3.8, 4) is 0 Å². The van der Waals surface area contributed by atoms with E-state index < -0.39 is 0 Å². The summed E-state index contributed by atoms with van der Waals surface area (Å²) in [6, 6.07) is 0. The zero-order chi connectivity index (χ0) is 14.5. The van der Waals surface area contributed by atoms with Crippen LogP contribution in [0.5, 0.6) is 0 Å². The van der Waals surface area contributed by atoms with Crippen LogP contribution in [0.4, 0.5) is 0 Å². The van der Waals surface area contributed by atoms with Crippen molar-refractivity contribution in [1.82, 2.24) is 15.6 Å². The van der Waals surface area contributed by atoms with Gasteiger partial charge in [0, 0.05) is 13.6 Å². The third-order valence-electron chi connectivity index (χ3n) is 2.87. The van der Waals surface area contributed by atoms with Crippen LogP contribution in [0.15, 0.2) is 9.41 Å². The fourth-order valence-electron chi connectivity index (χ4n) is 1.55. The van der Waals surface area contributed by atoms with Crippen LogP contribution < -0.4 is 10.6 Å². The fourth-order valence-corrected chi connectivity index (χ4v) is 1.55. The predicted octanol–water partition coefficient (Wildman–Crippen LogP) is 2.39. The lowest BCUT2D eigenvalue weighted by Crippen LogP contribution is -2.38. The number of aryl methyl sites for hydroxylation is 2. The molecule has 0 radical (unpaired) electrons. The van der Waals surface area contributed by atoms with Gasteiger partial charge in [0.1, 0.15) is 5.76 Å². The number of nitrogens with one attached hydrogen (secondary N) is 2. The van der Waals surface area contributed by atoms with Crippen LogP contribution in [0, 0.1) is 19.3 Å². The molecule has 0 spiro atoms. The molecule has 5 heteroatoms. The van der Waals surface area contributed by atoms with E-state index in [2.05, 4.69) is 41.4 Å². The largest absolute Gasteiger partial charge is 0.444 e. The molecule has 0 aliphatic carbocycles. The van der Waals surface area contributed by atoms with E-state index in [-0.39, 0.29) is 0 Å². The van der Waals surface area contributed by atoms with Crippen molar-refractivity contribution < 1.29 is 4.42 Å². The zero-order valence-electron chi connectivity index (χ0n) is 12.9. The molecule has 0 aliphatic heterocycles. The Morgan fingerprint density at radius 2 is 1.95 bits per heavy atom. The molecule has 1 aromatic rings. The maximum atomic E-state index is 5.51. The highest BCUT2D eigenvalue weighted by Crippen LogP contribution is 2.16. The van der Waals surface area contributed by atoms with Crippen molar-refractivity contribution in [2.24, 2.45) is 10.4 Å². The maximum absolute atomic E-state index is 5.51. The van der Waals surface area contributed by atoms with Crippen molar-refractivity contribution in [2.45, 2.75) is 47.6 Å². The van der Waals surface area contributed by atoms with Gasteiger partial charge in [0.15, 0.2) is 5.96 Å². The van der Waals surface area contributed by atoms with Crippen molar-refractivity contribution >= 4 is 5.96 Å². The number of oxazole rings is 1. The van der Waals surface area contributed by atoms with Crippen molar-refractivity contribution in [3.05, 3.63) is 17.3 Å². The van der Waals surface area contributed by atoms with Gasteiger partial charge in [0.25, 0.3) is 0 Å². The van der Waals surface area contributed by atoms with Gasteiger partial charge in [-0.2, -0.15) is 0 Å². The summed E-state index contributed by atoms with van der Waals surface area (Å²) in [7, 11) is 1.76. The molecule has 0 bridgehead atoms. The summed E-state index contributed by atoms with van der Waals surface area (Å²) in [6.45, 7) is 12.0. The second-order valence-corrected chi connectivity index (χ2v) is 5.91. The van der Waals surface area contributed by atoms with Gasteiger partial charge < -0.3 is 15.1 Å². The lowest BCUT2D eigenvalue weighted by Gasteiger charge is -2.19. The highest BCUT2D eigenvalue weighted by Gasteiger charge is 2.10. The van der Waals surface area contributed by atoms with Gasteiger partial charge in [-0.3, -0.25) is 4.99 Å². The average molecular weight is 266 g/mol. The summed E-state index contributed by atoms with van der Waals surface area (Å²) >= 11 is 0. The van der Waals surface area contributed by atoms with Crippen molar-refractivity contribution in [3.63, 3.8) is 0 Å². The topological polar surface area (TPSA) is 62.5 Å². The number of aromatic nitrogens is 1. The number of guanidine groups is 1. The summed E-state index contributed by atoms with van der Waals surface area (Å²) in [5.74, 6) is 2.33. The quantitative estimate of drug-likeness (QED) is 0.649. The Labute approximate surface area is 115 Å². The molecule has 1 heterocycles. The van der Waals surface area contributed by atoms with E-state index in [4.69, 9.17) is 4.42 Å². The molecule has 0 saturated heterocycles. The van der Waals surface area contributed by atoms with Crippen LogP contribution in [0.25, 0.3) is 0 Å². The van der Waals surface area contributed by atoms with Crippen LogP contribution in [-0.4, -0.2) is 24.5 Å². The van der Waals surface area contributed by atoms with Gasteiger partial charge in [-0.15, -0.1) is 0 Å². The van der Waals surface area contributed by atoms with Crippen LogP contribution >= 0.6 is 0 Å². The number of hydrogen-bond acceptors (Lipinski definition) is 3. The molecule has 1 aromatic heterocycles. The monoisotopic (exact) mass is 266 g/mol. The Bertz CT molecular complexity index is 410. The van der Waals surface area contributed by atoms with E-state index in [1.807, 2.05) is 13.8 Å². The summed E-state index contributed by atoms with van der Waals surface area (Å²) in [6.07, 6.45) is 1.09. The molecule has 0 aromatic carbocycles. The Morgan fingerprint density at radius 1 is 1.26 bits per heavy atom. The minimum absolute atomic E-state index is 0.322. The Morgan fingerprint density at radius 3 is 2.42 bits per heavy atom. The van der Waals surface area contributed by atoms with E-state index in [0.717, 1.165) is 30.4 Å². The summed E-state index contributed by atoms with van der Waals surface area (Å²) in [4.78, 5) is 8.50. The number of rotatable bonds is 4. The third-order valence-corrected chi connectivity index (χ3v) is 2.87. The van der Waals surface area contributed by atoms with E-state index in [9.17, 15) is 0 Å². The first kappa shape index (κ1) is 15.5. The summed E-state index contributed by atoms with van der Waals surface area (Å²) in [5.41, 5.74) is 1.26. The molecular weight excluding hydrogens is 240 g/mol. The summed E-state index contributed by atoms with van der Waals surface area (Å²) < 4.78 is 5.51. The van der Waals surface area contributed by atoms with E-state index in [1.165, 1.54) is 0 Å². The van der Waals surface area contributed by atoms with Gasteiger partial charge in [0.05, 0.1) is 12.2 Å². The average Bonchev–Trinajstić information content (AvgIpc) is 2.61. The molecule has 0 atom stereocenters. The molecule has 0 amide bonds. The standard InChI is InChI=1S/C14H26N4O/c1-10-11(2)19-12(18-10)9-17-13(15-6)16-8-7-14(3,4)5/h7-9H2,1-6H3,(H2,15,16,17). The smallest absolute Gasteiger partial charge is 0.214 e. The molecule has 108 valence electrons.